The van der Waals surface area contributed by atoms with Crippen LogP contribution in [0.1, 0.15) is 59.9 Å². The molecular weight excluding hydrogens is 560 g/mol. The second kappa shape index (κ2) is 11.2. The molecule has 0 radical (unpaired) electrons. The van der Waals surface area contributed by atoms with Crippen molar-refractivity contribution in [3.8, 4) is 17.3 Å². The average molecular weight is 595 g/mol. The van der Waals surface area contributed by atoms with Gasteiger partial charge in [0, 0.05) is 28.8 Å². The zero-order valence-corrected chi connectivity index (χ0v) is 25.5. The summed E-state index contributed by atoms with van der Waals surface area (Å²) in [5, 5.41) is 12.2. The highest BCUT2D eigenvalue weighted by atomic mass is 16.5. The van der Waals surface area contributed by atoms with E-state index in [1.165, 1.54) is 0 Å². The number of carbonyl (C=O) groups is 2. The molecule has 2 aliphatic rings. The van der Waals surface area contributed by atoms with Crippen molar-refractivity contribution >= 4 is 22.9 Å². The predicted octanol–water partition coefficient (Wildman–Crippen LogP) is 8.43. The van der Waals surface area contributed by atoms with Crippen molar-refractivity contribution in [3.63, 3.8) is 0 Å². The van der Waals surface area contributed by atoms with E-state index in [1.54, 1.807) is 4.68 Å². The first-order valence-electron chi connectivity index (χ1n) is 15.2. The molecule has 1 aliphatic heterocycles. The van der Waals surface area contributed by atoms with Crippen LogP contribution < -0.4 is 15.4 Å². The van der Waals surface area contributed by atoms with Gasteiger partial charge in [-0.2, -0.15) is 5.10 Å². The van der Waals surface area contributed by atoms with Gasteiger partial charge in [0.05, 0.1) is 34.4 Å². The van der Waals surface area contributed by atoms with E-state index in [0.717, 1.165) is 34.0 Å². The van der Waals surface area contributed by atoms with Gasteiger partial charge in [-0.25, -0.2) is 4.68 Å². The molecule has 7 heteroatoms. The summed E-state index contributed by atoms with van der Waals surface area (Å²) in [5.41, 5.74) is 6.34. The molecular formula is C38H34N4O3. The number of Topliss-reactive ketones (excluding diaryl/α,β-unsaturated/α-hetero) is 1. The van der Waals surface area contributed by atoms with Gasteiger partial charge in [-0.15, -0.1) is 0 Å². The van der Waals surface area contributed by atoms with Gasteiger partial charge < -0.3 is 15.4 Å². The highest BCUT2D eigenvalue weighted by molar-refractivity contribution is 6.10. The van der Waals surface area contributed by atoms with E-state index in [0.29, 0.717) is 41.2 Å². The Bertz CT molecular complexity index is 1940. The second-order valence-corrected chi connectivity index (χ2v) is 12.5. The first-order valence-corrected chi connectivity index (χ1v) is 15.2. The normalized spacial score (nSPS) is 17.0. The molecule has 1 aliphatic carbocycles. The molecule has 7 rings (SSSR count). The van der Waals surface area contributed by atoms with Gasteiger partial charge in [0.1, 0.15) is 5.75 Å². The predicted molar refractivity (Wildman–Crippen MR) is 176 cm³/mol. The van der Waals surface area contributed by atoms with E-state index in [-0.39, 0.29) is 17.0 Å². The Morgan fingerprint density at radius 2 is 1.51 bits per heavy atom. The molecule has 1 unspecified atom stereocenters. The summed E-state index contributed by atoms with van der Waals surface area (Å²) >= 11 is 0. The van der Waals surface area contributed by atoms with Crippen molar-refractivity contribution in [3.05, 3.63) is 143 Å². The largest absolute Gasteiger partial charge is 0.439 e. The number of anilines is 2. The lowest BCUT2D eigenvalue weighted by atomic mass is 9.73. The summed E-state index contributed by atoms with van der Waals surface area (Å²) in [6, 6.07) is 33.7. The van der Waals surface area contributed by atoms with Crippen molar-refractivity contribution in [2.75, 3.05) is 10.6 Å². The highest BCUT2D eigenvalue weighted by Gasteiger charge is 2.41. The van der Waals surface area contributed by atoms with Crippen molar-refractivity contribution in [1.82, 2.24) is 9.78 Å². The molecule has 0 fully saturated rings. The number of fused-ring (bicyclic) bond motifs is 1. The lowest BCUT2D eigenvalue weighted by Crippen LogP contribution is -2.31. The number of benzene rings is 4. The standard InChI is InChI=1S/C38H34N4O3/c1-24-33(37(45-28-17-11-6-12-18-28)42(41-24)27-15-9-5-10-16-27)35-34-31(22-38(2,3)23-32(34)43)39-29-20-19-26(21-30(29)40-35)36(44)25-13-7-4-8-14-25/h4-21,35,39-40H,22-23H2,1-3H3. The summed E-state index contributed by atoms with van der Waals surface area (Å²) in [4.78, 5) is 27.6. The Morgan fingerprint density at radius 3 is 2.22 bits per heavy atom. The number of rotatable bonds is 6. The molecule has 0 saturated carbocycles. The second-order valence-electron chi connectivity index (χ2n) is 12.5. The van der Waals surface area contributed by atoms with Gasteiger partial charge in [-0.1, -0.05) is 80.6 Å². The smallest absolute Gasteiger partial charge is 0.228 e. The minimum Gasteiger partial charge on any atom is -0.439 e. The third-order valence-electron chi connectivity index (χ3n) is 8.42. The summed E-state index contributed by atoms with van der Waals surface area (Å²) in [7, 11) is 0. The summed E-state index contributed by atoms with van der Waals surface area (Å²) in [5.74, 6) is 1.17. The summed E-state index contributed by atoms with van der Waals surface area (Å²) in [6.45, 7) is 6.18. The fourth-order valence-electron chi connectivity index (χ4n) is 6.35. The van der Waals surface area contributed by atoms with Crippen LogP contribution in [0.5, 0.6) is 11.6 Å². The Balaban J connectivity index is 1.42. The Labute approximate surface area is 262 Å². The highest BCUT2D eigenvalue weighted by Crippen LogP contribution is 2.48. The number of ketones is 2. The van der Waals surface area contributed by atoms with E-state index in [1.807, 2.05) is 116 Å². The van der Waals surface area contributed by atoms with Gasteiger partial charge in [-0.05, 0) is 61.2 Å². The van der Waals surface area contributed by atoms with Crippen LogP contribution >= 0.6 is 0 Å². The van der Waals surface area contributed by atoms with Crippen LogP contribution in [0.3, 0.4) is 0 Å². The number of aromatic nitrogens is 2. The SMILES string of the molecule is Cc1nn(-c2ccccc2)c(Oc2ccccc2)c1C1Nc2cc(C(=O)c3ccccc3)ccc2NC2=C1C(=O)CC(C)(C)C2. The van der Waals surface area contributed by atoms with E-state index < -0.39 is 6.04 Å². The van der Waals surface area contributed by atoms with Crippen molar-refractivity contribution in [1.29, 1.82) is 0 Å². The van der Waals surface area contributed by atoms with Gasteiger partial charge in [0.2, 0.25) is 5.88 Å². The minimum atomic E-state index is -0.587. The van der Waals surface area contributed by atoms with Crippen LogP contribution in [-0.4, -0.2) is 21.3 Å². The van der Waals surface area contributed by atoms with Crippen LogP contribution in [-0.2, 0) is 4.79 Å². The summed E-state index contributed by atoms with van der Waals surface area (Å²) < 4.78 is 8.42. The molecule has 0 bridgehead atoms. The zero-order chi connectivity index (χ0) is 31.1. The number of ether oxygens (including phenoxy) is 1. The molecule has 2 heterocycles. The molecule has 224 valence electrons. The number of nitrogens with one attached hydrogen (secondary N) is 2. The number of allylic oxidation sites excluding steroid dienone is 1. The van der Waals surface area contributed by atoms with Crippen molar-refractivity contribution in [2.45, 2.75) is 39.7 Å². The number of hydrogen-bond donors (Lipinski definition) is 2. The quantitative estimate of drug-likeness (QED) is 0.192. The number of aryl methyl sites for hydroxylation is 1. The molecule has 0 amide bonds. The monoisotopic (exact) mass is 594 g/mol. The molecule has 4 aromatic carbocycles. The zero-order valence-electron chi connectivity index (χ0n) is 25.5. The Hall–Kier alpha value is -5.43. The van der Waals surface area contributed by atoms with Gasteiger partial charge in [0.25, 0.3) is 0 Å². The molecule has 45 heavy (non-hydrogen) atoms. The van der Waals surface area contributed by atoms with Gasteiger partial charge >= 0.3 is 0 Å². The maximum absolute atomic E-state index is 14.1. The Morgan fingerprint density at radius 1 is 0.844 bits per heavy atom. The topological polar surface area (TPSA) is 85.2 Å². The molecule has 1 aromatic heterocycles. The maximum Gasteiger partial charge on any atom is 0.228 e. The van der Waals surface area contributed by atoms with E-state index in [4.69, 9.17) is 9.84 Å². The van der Waals surface area contributed by atoms with E-state index in [2.05, 4.69) is 24.5 Å². The number of hydrogen-bond acceptors (Lipinski definition) is 6. The van der Waals surface area contributed by atoms with Crippen molar-refractivity contribution < 1.29 is 14.3 Å². The van der Waals surface area contributed by atoms with Crippen LogP contribution in [0.25, 0.3) is 5.69 Å². The van der Waals surface area contributed by atoms with Gasteiger partial charge in [-0.3, -0.25) is 9.59 Å². The van der Waals surface area contributed by atoms with Crippen LogP contribution in [0.15, 0.2) is 120 Å². The molecule has 7 nitrogen and oxygen atoms in total. The van der Waals surface area contributed by atoms with Crippen LogP contribution in [0.4, 0.5) is 11.4 Å². The lowest BCUT2D eigenvalue weighted by molar-refractivity contribution is -0.118. The van der Waals surface area contributed by atoms with E-state index in [9.17, 15) is 9.59 Å². The first-order chi connectivity index (χ1) is 21.8. The van der Waals surface area contributed by atoms with Crippen LogP contribution in [0.2, 0.25) is 0 Å². The molecule has 5 aromatic rings. The molecule has 1 atom stereocenters. The van der Waals surface area contributed by atoms with Crippen molar-refractivity contribution in [2.24, 2.45) is 5.41 Å². The maximum atomic E-state index is 14.1. The number of para-hydroxylation sites is 2. The Kier molecular flexibility index (Phi) is 7.09. The van der Waals surface area contributed by atoms with E-state index >= 15 is 0 Å². The van der Waals surface area contributed by atoms with Gasteiger partial charge in [0.15, 0.2) is 11.6 Å². The first kappa shape index (κ1) is 28.3. The number of carbonyl (C=O) groups excluding carboxylic acids is 2. The fraction of sp³-hybridized carbons (Fsp3) is 0.184. The lowest BCUT2D eigenvalue weighted by Gasteiger charge is -2.34. The molecule has 2 N–H and O–H groups in total. The molecule has 0 saturated heterocycles. The number of nitrogens with zero attached hydrogens (tertiary/aromatic N) is 2. The molecule has 0 spiro atoms. The summed E-state index contributed by atoms with van der Waals surface area (Å²) in [6.07, 6.45) is 1.11. The third kappa shape index (κ3) is 5.42. The minimum absolute atomic E-state index is 0.0668. The third-order valence-corrected chi connectivity index (χ3v) is 8.42. The average Bonchev–Trinajstić information content (AvgIpc) is 3.26. The fourth-order valence-corrected chi connectivity index (χ4v) is 6.35. The van der Waals surface area contributed by atoms with Crippen LogP contribution in [0, 0.1) is 12.3 Å².